The summed E-state index contributed by atoms with van der Waals surface area (Å²) in [5, 5.41) is 1.07. The van der Waals surface area contributed by atoms with Crippen molar-refractivity contribution in [1.82, 2.24) is 9.62 Å². The van der Waals surface area contributed by atoms with E-state index < -0.39 is 10.0 Å². The van der Waals surface area contributed by atoms with Gasteiger partial charge in [-0.05, 0) is 37.1 Å². The summed E-state index contributed by atoms with van der Waals surface area (Å²) in [7, 11) is -2.08. The van der Waals surface area contributed by atoms with Gasteiger partial charge in [0.2, 0.25) is 10.0 Å². The Morgan fingerprint density at radius 3 is 2.67 bits per heavy atom. The molecule has 1 aromatic heterocycles. The predicted molar refractivity (Wildman–Crippen MR) is 116 cm³/mol. The highest BCUT2D eigenvalue weighted by atomic mass is 35.5. The zero-order valence-electron chi connectivity index (χ0n) is 16.8. The molecule has 30 heavy (non-hydrogen) atoms. The molecule has 1 heterocycles. The molecule has 0 saturated heterocycles. The summed E-state index contributed by atoms with van der Waals surface area (Å²) < 4.78 is 33.7. The van der Waals surface area contributed by atoms with Crippen LogP contribution in [0.1, 0.15) is 41.4 Å². The summed E-state index contributed by atoms with van der Waals surface area (Å²) in [6.45, 7) is 2.36. The molecule has 8 heteroatoms. The van der Waals surface area contributed by atoms with Crippen LogP contribution in [-0.4, -0.2) is 32.3 Å². The molecule has 1 amide bonds. The molecule has 0 bridgehead atoms. The Balaban J connectivity index is 1.61. The maximum Gasteiger partial charge on any atom is 0.253 e. The zero-order valence-corrected chi connectivity index (χ0v) is 18.4. The van der Waals surface area contributed by atoms with Crippen LogP contribution in [0.4, 0.5) is 0 Å². The van der Waals surface area contributed by atoms with Crippen molar-refractivity contribution in [1.29, 1.82) is 0 Å². The number of nitrogens with zero attached hydrogens (tertiary/aromatic N) is 1. The molecule has 0 unspecified atom stereocenters. The van der Waals surface area contributed by atoms with Crippen molar-refractivity contribution in [3.8, 4) is 0 Å². The highest BCUT2D eigenvalue weighted by Crippen LogP contribution is 2.29. The standard InChI is InChI=1S/C22H23ClN2O4S/c1-3-19-17(16-6-4-5-7-20(16)29-19)13-25(2)22(26)14-8-11-18(23)21(12-14)30(27,28)24-15-9-10-15/h4-8,11-12,15,24H,3,9-10,13H2,1-2H3. The Morgan fingerprint density at radius 2 is 1.97 bits per heavy atom. The molecular formula is C22H23ClN2O4S. The maximum absolute atomic E-state index is 13.1. The zero-order chi connectivity index (χ0) is 21.5. The Labute approximate surface area is 180 Å². The molecule has 0 atom stereocenters. The van der Waals surface area contributed by atoms with Crippen molar-refractivity contribution >= 4 is 38.5 Å². The number of carbonyl (C=O) groups excluding carboxylic acids is 1. The SMILES string of the molecule is CCc1oc2ccccc2c1CN(C)C(=O)c1ccc(Cl)c(S(=O)(=O)NC2CC2)c1. The lowest BCUT2D eigenvalue weighted by atomic mass is 10.1. The number of hydrogen-bond acceptors (Lipinski definition) is 4. The van der Waals surface area contributed by atoms with Gasteiger partial charge >= 0.3 is 0 Å². The number of rotatable bonds is 7. The molecule has 4 rings (SSSR count). The number of carbonyl (C=O) groups is 1. The van der Waals surface area contributed by atoms with E-state index in [9.17, 15) is 13.2 Å². The van der Waals surface area contributed by atoms with Gasteiger partial charge < -0.3 is 9.32 Å². The molecule has 158 valence electrons. The Bertz CT molecular complexity index is 1220. The molecule has 0 aliphatic heterocycles. The third-order valence-corrected chi connectivity index (χ3v) is 7.21. The Morgan fingerprint density at radius 1 is 1.23 bits per heavy atom. The van der Waals surface area contributed by atoms with Crippen molar-refractivity contribution in [2.45, 2.75) is 43.7 Å². The van der Waals surface area contributed by atoms with Gasteiger partial charge in [-0.1, -0.05) is 36.7 Å². The van der Waals surface area contributed by atoms with Gasteiger partial charge in [-0.25, -0.2) is 13.1 Å². The number of amides is 1. The third-order valence-electron chi connectivity index (χ3n) is 5.21. The van der Waals surface area contributed by atoms with Crippen molar-refractivity contribution in [2.75, 3.05) is 7.05 Å². The number of aryl methyl sites for hydroxylation is 1. The van der Waals surface area contributed by atoms with Gasteiger partial charge in [-0.2, -0.15) is 0 Å². The second kappa shape index (κ2) is 8.06. The van der Waals surface area contributed by atoms with E-state index in [1.54, 1.807) is 18.0 Å². The van der Waals surface area contributed by atoms with Crippen LogP contribution in [0, 0.1) is 0 Å². The van der Waals surface area contributed by atoms with Crippen molar-refractivity contribution in [2.24, 2.45) is 0 Å². The number of fused-ring (bicyclic) bond motifs is 1. The second-order valence-electron chi connectivity index (χ2n) is 7.56. The van der Waals surface area contributed by atoms with E-state index in [0.29, 0.717) is 13.0 Å². The van der Waals surface area contributed by atoms with Crippen molar-refractivity contribution in [3.05, 3.63) is 64.4 Å². The molecule has 0 radical (unpaired) electrons. The van der Waals surface area contributed by atoms with Crippen LogP contribution < -0.4 is 4.72 Å². The molecule has 3 aromatic rings. The molecule has 6 nitrogen and oxygen atoms in total. The minimum atomic E-state index is -3.77. The number of benzene rings is 2. The van der Waals surface area contributed by atoms with Crippen molar-refractivity contribution in [3.63, 3.8) is 0 Å². The summed E-state index contributed by atoms with van der Waals surface area (Å²) in [4.78, 5) is 14.6. The fraction of sp³-hybridized carbons (Fsp3) is 0.318. The molecule has 1 saturated carbocycles. The first-order valence-electron chi connectivity index (χ1n) is 9.86. The van der Waals surface area contributed by atoms with Crippen molar-refractivity contribution < 1.29 is 17.6 Å². The highest BCUT2D eigenvalue weighted by Gasteiger charge is 2.30. The highest BCUT2D eigenvalue weighted by molar-refractivity contribution is 7.89. The van der Waals surface area contributed by atoms with Crippen LogP contribution in [0.2, 0.25) is 5.02 Å². The lowest BCUT2D eigenvalue weighted by molar-refractivity contribution is 0.0785. The lowest BCUT2D eigenvalue weighted by Gasteiger charge is -2.18. The second-order valence-corrected chi connectivity index (χ2v) is 9.65. The first-order valence-corrected chi connectivity index (χ1v) is 11.7. The maximum atomic E-state index is 13.1. The topological polar surface area (TPSA) is 79.6 Å². The van der Waals surface area contributed by atoms with Gasteiger partial charge in [0.15, 0.2) is 0 Å². The van der Waals surface area contributed by atoms with E-state index in [-0.39, 0.29) is 27.4 Å². The average molecular weight is 447 g/mol. The number of furan rings is 1. The normalized spacial score (nSPS) is 14.2. The van der Waals surface area contributed by atoms with Crippen LogP contribution in [0.3, 0.4) is 0 Å². The fourth-order valence-electron chi connectivity index (χ4n) is 3.46. The minimum absolute atomic E-state index is 0.0464. The monoisotopic (exact) mass is 446 g/mol. The van der Waals surface area contributed by atoms with Crippen LogP contribution in [0.25, 0.3) is 11.0 Å². The summed E-state index contributed by atoms with van der Waals surface area (Å²) in [5.74, 6) is 0.547. The molecule has 0 spiro atoms. The largest absolute Gasteiger partial charge is 0.461 e. The molecule has 1 aliphatic carbocycles. The molecule has 1 N–H and O–H groups in total. The number of sulfonamides is 1. The number of hydrogen-bond donors (Lipinski definition) is 1. The average Bonchev–Trinajstić information content (AvgIpc) is 3.46. The quantitative estimate of drug-likeness (QED) is 0.584. The van der Waals surface area contributed by atoms with Gasteiger partial charge in [-0.3, -0.25) is 4.79 Å². The van der Waals surface area contributed by atoms with Gasteiger partial charge in [0.1, 0.15) is 16.2 Å². The summed E-state index contributed by atoms with van der Waals surface area (Å²) in [6, 6.07) is 12.0. The van der Waals surface area contributed by atoms with E-state index in [0.717, 1.165) is 35.1 Å². The van der Waals surface area contributed by atoms with Crippen LogP contribution >= 0.6 is 11.6 Å². The van der Waals surface area contributed by atoms with Gasteiger partial charge in [0, 0.05) is 42.6 Å². The minimum Gasteiger partial charge on any atom is -0.461 e. The first-order chi connectivity index (χ1) is 14.3. The lowest BCUT2D eigenvalue weighted by Crippen LogP contribution is -2.28. The van der Waals surface area contributed by atoms with Crippen LogP contribution in [0.15, 0.2) is 51.8 Å². The van der Waals surface area contributed by atoms with E-state index in [1.165, 1.54) is 12.1 Å². The van der Waals surface area contributed by atoms with Gasteiger partial charge in [0.05, 0.1) is 5.02 Å². The van der Waals surface area contributed by atoms with E-state index in [1.807, 2.05) is 31.2 Å². The Kier molecular flexibility index (Phi) is 5.61. The summed E-state index contributed by atoms with van der Waals surface area (Å²) in [5.41, 5.74) is 2.02. The Hall–Kier alpha value is -2.35. The number of nitrogens with one attached hydrogen (secondary N) is 1. The van der Waals surface area contributed by atoms with E-state index in [2.05, 4.69) is 4.72 Å². The van der Waals surface area contributed by atoms with E-state index in [4.69, 9.17) is 16.0 Å². The fourth-order valence-corrected chi connectivity index (χ4v) is 5.29. The van der Waals surface area contributed by atoms with E-state index >= 15 is 0 Å². The summed E-state index contributed by atoms with van der Waals surface area (Å²) in [6.07, 6.45) is 2.34. The molecule has 1 aliphatic rings. The summed E-state index contributed by atoms with van der Waals surface area (Å²) >= 11 is 6.13. The van der Waals surface area contributed by atoms with Crippen LogP contribution in [-0.2, 0) is 23.0 Å². The first kappa shape index (κ1) is 20.9. The number of halogens is 1. The smallest absolute Gasteiger partial charge is 0.253 e. The predicted octanol–water partition coefficient (Wildman–Crippen LogP) is 4.36. The van der Waals surface area contributed by atoms with Crippen LogP contribution in [0.5, 0.6) is 0 Å². The van der Waals surface area contributed by atoms with Gasteiger partial charge in [0.25, 0.3) is 5.91 Å². The number of para-hydroxylation sites is 1. The van der Waals surface area contributed by atoms with Gasteiger partial charge in [-0.15, -0.1) is 0 Å². The molecule has 1 fully saturated rings. The molecule has 2 aromatic carbocycles. The third kappa shape index (κ3) is 4.10. The molecular weight excluding hydrogens is 424 g/mol.